The monoisotopic (exact) mass is 160 g/mol. The highest BCUT2D eigenvalue weighted by Crippen LogP contribution is 2.45. The lowest BCUT2D eigenvalue weighted by atomic mass is 9.61. The minimum atomic E-state index is 0.538. The van der Waals surface area contributed by atoms with E-state index in [1.807, 2.05) is 0 Å². The van der Waals surface area contributed by atoms with Crippen LogP contribution in [0.5, 0.6) is 0 Å². The quantitative estimate of drug-likeness (QED) is 0.622. The molecular weight excluding hydrogens is 144 g/mol. The smallest absolute Gasteiger partial charge is 0.000905 e. The van der Waals surface area contributed by atoms with Gasteiger partial charge < -0.3 is 0 Å². The van der Waals surface area contributed by atoms with Gasteiger partial charge in [0.15, 0.2) is 0 Å². The van der Waals surface area contributed by atoms with E-state index in [9.17, 15) is 0 Å². The summed E-state index contributed by atoms with van der Waals surface area (Å²) in [4.78, 5) is 0. The van der Waals surface area contributed by atoms with Crippen LogP contribution in [-0.4, -0.2) is 0 Å². The molecular formula is C12H16. The van der Waals surface area contributed by atoms with Gasteiger partial charge in [0, 0.05) is 0 Å². The molecule has 0 fully saturated rings. The number of hydrogen-bond acceptors (Lipinski definition) is 0. The Balaban J connectivity index is 2.39. The van der Waals surface area contributed by atoms with E-state index in [-0.39, 0.29) is 0 Å². The van der Waals surface area contributed by atoms with Crippen molar-refractivity contribution in [2.24, 2.45) is 0 Å². The molecule has 0 amide bonds. The largest absolute Gasteiger partial charge is 0.0645 e. The third-order valence-corrected chi connectivity index (χ3v) is 3.47. The third kappa shape index (κ3) is 0.841. The van der Waals surface area contributed by atoms with E-state index in [0.717, 1.165) is 0 Å². The second-order valence-electron chi connectivity index (χ2n) is 3.82. The molecule has 0 radical (unpaired) electrons. The van der Waals surface area contributed by atoms with Gasteiger partial charge in [0.05, 0.1) is 0 Å². The lowest BCUT2D eigenvalue weighted by Crippen LogP contribution is -2.37. The predicted octanol–water partition coefficient (Wildman–Crippen LogP) is 3.30. The molecule has 0 nitrogen and oxygen atoms in total. The molecule has 0 bridgehead atoms. The maximum Gasteiger partial charge on any atom is -0.000905 e. The van der Waals surface area contributed by atoms with Gasteiger partial charge in [0.2, 0.25) is 0 Å². The van der Waals surface area contributed by atoms with Crippen LogP contribution in [-0.2, 0) is 11.8 Å². The summed E-state index contributed by atoms with van der Waals surface area (Å²) in [5, 5.41) is 0. The van der Waals surface area contributed by atoms with Crippen LogP contribution < -0.4 is 0 Å². The molecule has 0 atom stereocenters. The molecule has 2 rings (SSSR count). The van der Waals surface area contributed by atoms with Crippen molar-refractivity contribution in [3.63, 3.8) is 0 Å². The topological polar surface area (TPSA) is 0 Å². The molecule has 1 aromatic rings. The average molecular weight is 160 g/mol. The van der Waals surface area contributed by atoms with Crippen molar-refractivity contribution in [3.8, 4) is 0 Å². The number of hydrogen-bond donors (Lipinski definition) is 0. The van der Waals surface area contributed by atoms with Crippen LogP contribution in [0.1, 0.15) is 37.8 Å². The Morgan fingerprint density at radius 3 is 2.42 bits per heavy atom. The van der Waals surface area contributed by atoms with E-state index in [0.29, 0.717) is 5.41 Å². The molecule has 0 unspecified atom stereocenters. The van der Waals surface area contributed by atoms with Crippen molar-refractivity contribution in [2.75, 3.05) is 0 Å². The van der Waals surface area contributed by atoms with E-state index < -0.39 is 0 Å². The van der Waals surface area contributed by atoms with Crippen LogP contribution in [0.25, 0.3) is 0 Å². The number of fused-ring (bicyclic) bond motifs is 1. The summed E-state index contributed by atoms with van der Waals surface area (Å²) < 4.78 is 0. The zero-order valence-electron chi connectivity index (χ0n) is 7.93. The standard InChI is InChI=1S/C12H16/c1-3-12(4-2)9-10-7-5-6-8-11(10)12/h5-8H,3-4,9H2,1-2H3. The van der Waals surface area contributed by atoms with E-state index in [1.165, 1.54) is 19.3 Å². The molecule has 12 heavy (non-hydrogen) atoms. The molecule has 0 saturated heterocycles. The van der Waals surface area contributed by atoms with Gasteiger partial charge in [-0.25, -0.2) is 0 Å². The first-order chi connectivity index (χ1) is 5.82. The minimum absolute atomic E-state index is 0.538. The van der Waals surface area contributed by atoms with E-state index >= 15 is 0 Å². The summed E-state index contributed by atoms with van der Waals surface area (Å²) in [6.07, 6.45) is 3.89. The lowest BCUT2D eigenvalue weighted by molar-refractivity contribution is 0.343. The Bertz CT molecular complexity index is 282. The molecule has 0 heterocycles. The van der Waals surface area contributed by atoms with Gasteiger partial charge in [0.25, 0.3) is 0 Å². The van der Waals surface area contributed by atoms with Crippen molar-refractivity contribution in [2.45, 2.75) is 38.5 Å². The molecule has 1 aliphatic carbocycles. The fourth-order valence-corrected chi connectivity index (χ4v) is 2.43. The molecule has 0 aromatic heterocycles. The first kappa shape index (κ1) is 7.85. The number of benzene rings is 1. The highest BCUT2D eigenvalue weighted by Gasteiger charge is 2.38. The average Bonchev–Trinajstić information content (AvgIpc) is 2.09. The molecule has 0 heteroatoms. The second-order valence-corrected chi connectivity index (χ2v) is 3.82. The first-order valence-electron chi connectivity index (χ1n) is 4.91. The Morgan fingerprint density at radius 2 is 1.83 bits per heavy atom. The van der Waals surface area contributed by atoms with Crippen LogP contribution in [0.15, 0.2) is 24.3 Å². The van der Waals surface area contributed by atoms with E-state index in [4.69, 9.17) is 0 Å². The molecule has 0 aliphatic heterocycles. The van der Waals surface area contributed by atoms with Gasteiger partial charge in [-0.05, 0) is 35.8 Å². The van der Waals surface area contributed by atoms with Crippen molar-refractivity contribution >= 4 is 0 Å². The van der Waals surface area contributed by atoms with Crippen LogP contribution in [0.2, 0.25) is 0 Å². The predicted molar refractivity (Wildman–Crippen MR) is 52.4 cm³/mol. The van der Waals surface area contributed by atoms with Crippen molar-refractivity contribution in [1.29, 1.82) is 0 Å². The zero-order chi connectivity index (χ0) is 8.60. The molecule has 64 valence electrons. The van der Waals surface area contributed by atoms with Crippen LogP contribution >= 0.6 is 0 Å². The molecule has 0 saturated carbocycles. The third-order valence-electron chi connectivity index (χ3n) is 3.47. The highest BCUT2D eigenvalue weighted by molar-refractivity contribution is 5.44. The Kier molecular flexibility index (Phi) is 1.71. The van der Waals surface area contributed by atoms with E-state index in [2.05, 4.69) is 38.1 Å². The zero-order valence-corrected chi connectivity index (χ0v) is 7.93. The van der Waals surface area contributed by atoms with E-state index in [1.54, 1.807) is 11.1 Å². The Morgan fingerprint density at radius 1 is 1.17 bits per heavy atom. The molecule has 0 N–H and O–H groups in total. The highest BCUT2D eigenvalue weighted by atomic mass is 14.4. The summed E-state index contributed by atoms with van der Waals surface area (Å²) in [7, 11) is 0. The lowest BCUT2D eigenvalue weighted by Gasteiger charge is -2.43. The van der Waals surface area contributed by atoms with Gasteiger partial charge in [-0.15, -0.1) is 0 Å². The van der Waals surface area contributed by atoms with Crippen molar-refractivity contribution < 1.29 is 0 Å². The Hall–Kier alpha value is -0.780. The maximum absolute atomic E-state index is 2.30. The SMILES string of the molecule is CCC1(CC)Cc2ccccc21. The minimum Gasteiger partial charge on any atom is -0.0645 e. The van der Waals surface area contributed by atoms with Gasteiger partial charge in [-0.2, -0.15) is 0 Å². The number of rotatable bonds is 2. The van der Waals surface area contributed by atoms with Crippen molar-refractivity contribution in [1.82, 2.24) is 0 Å². The summed E-state index contributed by atoms with van der Waals surface area (Å²) in [5.74, 6) is 0. The fraction of sp³-hybridized carbons (Fsp3) is 0.500. The van der Waals surface area contributed by atoms with Crippen LogP contribution in [0.3, 0.4) is 0 Å². The van der Waals surface area contributed by atoms with Gasteiger partial charge in [-0.1, -0.05) is 38.1 Å². The maximum atomic E-state index is 2.30. The summed E-state index contributed by atoms with van der Waals surface area (Å²) in [5.41, 5.74) is 3.72. The molecule has 0 spiro atoms. The van der Waals surface area contributed by atoms with Crippen LogP contribution in [0.4, 0.5) is 0 Å². The summed E-state index contributed by atoms with van der Waals surface area (Å²) in [6, 6.07) is 8.87. The van der Waals surface area contributed by atoms with Crippen LogP contribution in [0, 0.1) is 0 Å². The van der Waals surface area contributed by atoms with Gasteiger partial charge >= 0.3 is 0 Å². The summed E-state index contributed by atoms with van der Waals surface area (Å²) >= 11 is 0. The first-order valence-corrected chi connectivity index (χ1v) is 4.91. The normalized spacial score (nSPS) is 18.2. The van der Waals surface area contributed by atoms with Gasteiger partial charge in [-0.3, -0.25) is 0 Å². The Labute approximate surface area is 74.6 Å². The van der Waals surface area contributed by atoms with Crippen molar-refractivity contribution in [3.05, 3.63) is 35.4 Å². The second kappa shape index (κ2) is 2.62. The fourth-order valence-electron chi connectivity index (χ4n) is 2.43. The molecule has 1 aromatic carbocycles. The molecule has 1 aliphatic rings. The van der Waals surface area contributed by atoms with Gasteiger partial charge in [0.1, 0.15) is 0 Å². The summed E-state index contributed by atoms with van der Waals surface area (Å²) in [6.45, 7) is 4.61.